The number of rotatable bonds is 6. The predicted molar refractivity (Wildman–Crippen MR) is 49.4 cm³/mol. The molecule has 0 amide bonds. The van der Waals surface area contributed by atoms with E-state index in [4.69, 9.17) is 5.84 Å². The van der Waals surface area contributed by atoms with Gasteiger partial charge in [-0.2, -0.15) is 7.05 Å². The van der Waals surface area contributed by atoms with Crippen molar-refractivity contribution in [2.75, 3.05) is 13.6 Å². The predicted octanol–water partition coefficient (Wildman–Crippen LogP) is -1.59. The van der Waals surface area contributed by atoms with Crippen LogP contribution < -0.4 is 62.7 Å². The van der Waals surface area contributed by atoms with E-state index in [1.807, 2.05) is 7.05 Å². The van der Waals surface area contributed by atoms with Crippen LogP contribution in [0.3, 0.4) is 0 Å². The fourth-order valence-electron chi connectivity index (χ4n) is 0.909. The van der Waals surface area contributed by atoms with Crippen LogP contribution in [0.15, 0.2) is 0 Å². The van der Waals surface area contributed by atoms with Crippen molar-refractivity contribution in [2.24, 2.45) is 5.84 Å². The molecular weight excluding hydrogens is 177 g/mol. The Morgan fingerprint density at radius 2 is 1.92 bits per heavy atom. The molecule has 0 fully saturated rings. The van der Waals surface area contributed by atoms with Crippen LogP contribution in [0.5, 0.6) is 0 Å². The Morgan fingerprint density at radius 3 is 2.33 bits per heavy atom. The molecule has 0 spiro atoms. The number of nitrogens with zero attached hydrogens (tertiary/aromatic N) is 1. The molecule has 0 aromatic carbocycles. The second-order valence-electron chi connectivity index (χ2n) is 3.53. The first-order valence-corrected chi connectivity index (χ1v) is 4.16. The first-order chi connectivity index (χ1) is 5.12. The first-order valence-electron chi connectivity index (χ1n) is 4.16. The zero-order valence-corrected chi connectivity index (χ0v) is 12.0. The van der Waals surface area contributed by atoms with Gasteiger partial charge < -0.3 is 5.32 Å². The number of hydrogen-bond donors (Lipinski definition) is 2. The third-order valence-corrected chi connectivity index (χ3v) is 1.82. The summed E-state index contributed by atoms with van der Waals surface area (Å²) in [5.41, 5.74) is 2.86. The number of nitrogens with two attached hydrogens (primary N) is 1. The molecule has 0 saturated carbocycles. The summed E-state index contributed by atoms with van der Waals surface area (Å²) in [4.78, 5) is 0. The molecule has 0 aliphatic carbocycles. The van der Waals surface area contributed by atoms with E-state index in [1.165, 1.54) is 12.8 Å². The molecule has 4 heteroatoms. The van der Waals surface area contributed by atoms with Crippen molar-refractivity contribution < 1.29 is 51.4 Å². The van der Waals surface area contributed by atoms with Gasteiger partial charge in [0.2, 0.25) is 0 Å². The number of nitrogens with one attached hydrogen (secondary N) is 1. The van der Waals surface area contributed by atoms with Gasteiger partial charge in [-0.15, -0.1) is 6.54 Å². The third-order valence-electron chi connectivity index (χ3n) is 1.82. The molecule has 0 bridgehead atoms. The molecule has 0 aromatic rings. The smallest absolute Gasteiger partial charge is 0.665 e. The maximum Gasteiger partial charge on any atom is 1.00 e. The second-order valence-corrected chi connectivity index (χ2v) is 3.53. The molecule has 0 radical (unpaired) electrons. The van der Waals surface area contributed by atoms with Gasteiger partial charge in [0, 0.05) is 5.54 Å². The Bertz CT molecular complexity index is 96.3. The van der Waals surface area contributed by atoms with Gasteiger partial charge >= 0.3 is 51.4 Å². The van der Waals surface area contributed by atoms with Crippen molar-refractivity contribution >= 4 is 0 Å². The summed E-state index contributed by atoms with van der Waals surface area (Å²) in [5.74, 6) is 5.35. The third kappa shape index (κ3) is 9.60. The largest absolute Gasteiger partial charge is 1.00 e. The standard InChI is InChI=1S/C8H20N3.K/c1-8(2,11-9)6-4-5-7-10-3;/h11H,4-7,9H2,1-3H3;/q-1;+1. The summed E-state index contributed by atoms with van der Waals surface area (Å²) in [5, 5.41) is 4.03. The van der Waals surface area contributed by atoms with Gasteiger partial charge in [-0.25, -0.2) is 0 Å². The molecule has 0 unspecified atom stereocenters. The van der Waals surface area contributed by atoms with E-state index in [1.54, 1.807) is 0 Å². The van der Waals surface area contributed by atoms with Crippen molar-refractivity contribution in [2.45, 2.75) is 38.6 Å². The van der Waals surface area contributed by atoms with Crippen molar-refractivity contribution in [3.8, 4) is 0 Å². The maximum absolute atomic E-state index is 5.35. The van der Waals surface area contributed by atoms with Crippen molar-refractivity contribution in [1.82, 2.24) is 5.43 Å². The van der Waals surface area contributed by atoms with E-state index in [-0.39, 0.29) is 56.9 Å². The van der Waals surface area contributed by atoms with Gasteiger partial charge in [0.05, 0.1) is 0 Å². The molecule has 0 aromatic heterocycles. The molecule has 68 valence electrons. The maximum atomic E-state index is 5.35. The molecule has 0 heterocycles. The minimum atomic E-state index is 0. The summed E-state index contributed by atoms with van der Waals surface area (Å²) >= 11 is 0. The van der Waals surface area contributed by atoms with E-state index >= 15 is 0 Å². The van der Waals surface area contributed by atoms with E-state index < -0.39 is 0 Å². The molecule has 0 aliphatic rings. The Kier molecular flexibility index (Phi) is 12.1. The second kappa shape index (κ2) is 9.09. The fraction of sp³-hybridized carbons (Fsp3) is 1.00. The molecule has 3 nitrogen and oxygen atoms in total. The van der Waals surface area contributed by atoms with Crippen LogP contribution >= 0.6 is 0 Å². The van der Waals surface area contributed by atoms with Gasteiger partial charge in [0.15, 0.2) is 0 Å². The van der Waals surface area contributed by atoms with Crippen molar-refractivity contribution in [3.63, 3.8) is 0 Å². The van der Waals surface area contributed by atoms with Crippen LogP contribution in [0.25, 0.3) is 5.32 Å². The Hall–Kier alpha value is 1.52. The van der Waals surface area contributed by atoms with Gasteiger partial charge in [-0.1, -0.05) is 12.8 Å². The quantitative estimate of drug-likeness (QED) is 0.233. The number of hydrogen-bond acceptors (Lipinski definition) is 2. The minimum Gasteiger partial charge on any atom is -0.665 e. The molecule has 12 heavy (non-hydrogen) atoms. The molecule has 0 rings (SSSR count). The fourth-order valence-corrected chi connectivity index (χ4v) is 0.909. The zero-order valence-electron chi connectivity index (χ0n) is 8.85. The van der Waals surface area contributed by atoms with Crippen LogP contribution in [-0.2, 0) is 0 Å². The van der Waals surface area contributed by atoms with E-state index in [0.717, 1.165) is 13.0 Å². The monoisotopic (exact) mass is 197 g/mol. The Morgan fingerprint density at radius 1 is 1.33 bits per heavy atom. The van der Waals surface area contributed by atoms with Gasteiger partial charge in [-0.05, 0) is 20.3 Å². The van der Waals surface area contributed by atoms with Crippen molar-refractivity contribution in [1.29, 1.82) is 0 Å². The number of hydrazine groups is 1. The first kappa shape index (κ1) is 16.0. The topological polar surface area (TPSA) is 52.2 Å². The summed E-state index contributed by atoms with van der Waals surface area (Å²) in [6.07, 6.45) is 3.47. The molecule has 0 atom stereocenters. The summed E-state index contributed by atoms with van der Waals surface area (Å²) in [7, 11) is 1.85. The van der Waals surface area contributed by atoms with E-state index in [9.17, 15) is 0 Å². The van der Waals surface area contributed by atoms with Crippen LogP contribution in [0, 0.1) is 0 Å². The van der Waals surface area contributed by atoms with Crippen molar-refractivity contribution in [3.05, 3.63) is 5.32 Å². The number of unbranched alkanes of at least 4 members (excludes halogenated alkanes) is 1. The minimum absolute atomic E-state index is 0. The molecule has 0 saturated heterocycles. The van der Waals surface area contributed by atoms with Crippen LogP contribution in [0.2, 0.25) is 0 Å². The van der Waals surface area contributed by atoms with Gasteiger partial charge in [0.1, 0.15) is 0 Å². The molecule has 0 aliphatic heterocycles. The zero-order chi connectivity index (χ0) is 8.74. The molecule has 3 N–H and O–H groups in total. The molecular formula is C8H20KN3. The van der Waals surface area contributed by atoms with Crippen LogP contribution in [0.1, 0.15) is 33.1 Å². The average Bonchev–Trinajstić information content (AvgIpc) is 1.99. The summed E-state index contributed by atoms with van der Waals surface area (Å²) < 4.78 is 0. The SMILES string of the molecule is C[N-]CCCCC(C)(C)NN.[K+]. The average molecular weight is 197 g/mol. The van der Waals surface area contributed by atoms with Gasteiger partial charge in [-0.3, -0.25) is 11.3 Å². The summed E-state index contributed by atoms with van der Waals surface area (Å²) in [6, 6.07) is 0. The van der Waals surface area contributed by atoms with Crippen LogP contribution in [0.4, 0.5) is 0 Å². The van der Waals surface area contributed by atoms with E-state index in [2.05, 4.69) is 24.6 Å². The Labute approximate surface area is 119 Å². The normalized spacial score (nSPS) is 11.0. The van der Waals surface area contributed by atoms with Crippen LogP contribution in [-0.4, -0.2) is 19.1 Å². The van der Waals surface area contributed by atoms with E-state index in [0.29, 0.717) is 0 Å². The Balaban J connectivity index is 0. The summed E-state index contributed by atoms with van der Waals surface area (Å²) in [6.45, 7) is 5.19. The van der Waals surface area contributed by atoms with Gasteiger partial charge in [0.25, 0.3) is 0 Å².